The third-order valence-corrected chi connectivity index (χ3v) is 9.51. The molecule has 1 aliphatic carbocycles. The van der Waals surface area contributed by atoms with E-state index >= 15 is 0 Å². The molecule has 218 valence electrons. The second-order valence-corrected chi connectivity index (χ2v) is 12.7. The molecule has 2 amide bonds. The second-order valence-electron chi connectivity index (χ2n) is 10.4. The van der Waals surface area contributed by atoms with Crippen LogP contribution in [-0.4, -0.2) is 43.8 Å². The number of carbonyl (C=O) groups excluding carboxylic acids is 2. The largest absolute Gasteiger partial charge is 0.352 e. The predicted octanol–water partition coefficient (Wildman–Crippen LogP) is 5.85. The summed E-state index contributed by atoms with van der Waals surface area (Å²) in [4.78, 5) is 28.6. The summed E-state index contributed by atoms with van der Waals surface area (Å²) >= 11 is 6.00. The molecule has 0 unspecified atom stereocenters. The average Bonchev–Trinajstić information content (AvgIpc) is 2.96. The lowest BCUT2D eigenvalue weighted by atomic mass is 9.95. The van der Waals surface area contributed by atoms with Gasteiger partial charge in [-0.25, -0.2) is 12.8 Å². The van der Waals surface area contributed by atoms with Crippen molar-refractivity contribution in [1.29, 1.82) is 0 Å². The molecule has 0 spiro atoms. The van der Waals surface area contributed by atoms with Crippen LogP contribution in [0.5, 0.6) is 0 Å². The molecule has 1 fully saturated rings. The van der Waals surface area contributed by atoms with Gasteiger partial charge in [0, 0.05) is 23.2 Å². The quantitative estimate of drug-likeness (QED) is 0.317. The monoisotopic (exact) mass is 599 g/mol. The lowest BCUT2D eigenvalue weighted by Gasteiger charge is -2.33. The topological polar surface area (TPSA) is 86.8 Å². The van der Waals surface area contributed by atoms with Crippen LogP contribution in [0.3, 0.4) is 0 Å². The highest BCUT2D eigenvalue weighted by Crippen LogP contribution is 2.28. The Morgan fingerprint density at radius 3 is 2.27 bits per heavy atom. The molecule has 1 atom stereocenters. The Balaban J connectivity index is 1.69. The number of nitrogens with zero attached hydrogens (tertiary/aromatic N) is 2. The first kappa shape index (κ1) is 30.5. The van der Waals surface area contributed by atoms with Gasteiger partial charge in [-0.05, 0) is 68.7 Å². The van der Waals surface area contributed by atoms with Crippen molar-refractivity contribution < 1.29 is 22.4 Å². The highest BCUT2D eigenvalue weighted by atomic mass is 35.5. The Labute approximate surface area is 246 Å². The second kappa shape index (κ2) is 13.5. The first-order valence-corrected chi connectivity index (χ1v) is 15.6. The number of amides is 2. The first-order valence-electron chi connectivity index (χ1n) is 13.7. The zero-order chi connectivity index (χ0) is 29.6. The Morgan fingerprint density at radius 2 is 1.61 bits per heavy atom. The number of hydrogen-bond donors (Lipinski definition) is 1. The van der Waals surface area contributed by atoms with E-state index in [1.807, 2.05) is 0 Å². The SMILES string of the molecule is Cc1ccccc1N(CC(=O)N(Cc1ccccc1F)[C@@H](C)C(=O)NC1CCCCC1)S(=O)(=O)c1ccc(Cl)cc1. The number of hydrogen-bond acceptors (Lipinski definition) is 4. The number of sulfonamides is 1. The molecule has 0 radical (unpaired) electrons. The van der Waals surface area contributed by atoms with E-state index in [0.717, 1.165) is 36.4 Å². The van der Waals surface area contributed by atoms with Gasteiger partial charge in [0.15, 0.2) is 0 Å². The molecule has 0 saturated heterocycles. The van der Waals surface area contributed by atoms with Crippen LogP contribution < -0.4 is 9.62 Å². The minimum Gasteiger partial charge on any atom is -0.352 e. The van der Waals surface area contributed by atoms with Gasteiger partial charge in [0.1, 0.15) is 18.4 Å². The van der Waals surface area contributed by atoms with Crippen molar-refractivity contribution in [3.63, 3.8) is 0 Å². The maximum absolute atomic E-state index is 14.7. The molecule has 3 aromatic rings. The molecule has 3 aromatic carbocycles. The average molecular weight is 600 g/mol. The fourth-order valence-corrected chi connectivity index (χ4v) is 6.66. The molecule has 0 bridgehead atoms. The number of rotatable bonds is 10. The van der Waals surface area contributed by atoms with E-state index in [9.17, 15) is 22.4 Å². The summed E-state index contributed by atoms with van der Waals surface area (Å²) in [6.07, 6.45) is 4.88. The summed E-state index contributed by atoms with van der Waals surface area (Å²) in [6.45, 7) is 2.54. The maximum Gasteiger partial charge on any atom is 0.264 e. The van der Waals surface area contributed by atoms with Crippen LogP contribution in [0, 0.1) is 12.7 Å². The van der Waals surface area contributed by atoms with Crippen molar-refractivity contribution >= 4 is 39.1 Å². The fourth-order valence-electron chi connectivity index (χ4n) is 5.05. The number of benzene rings is 3. The third kappa shape index (κ3) is 7.45. The zero-order valence-electron chi connectivity index (χ0n) is 23.2. The molecule has 10 heteroatoms. The van der Waals surface area contributed by atoms with Crippen LogP contribution in [0.1, 0.15) is 50.2 Å². The van der Waals surface area contributed by atoms with Crippen LogP contribution >= 0.6 is 11.6 Å². The van der Waals surface area contributed by atoms with Crippen LogP contribution in [-0.2, 0) is 26.2 Å². The molecular weight excluding hydrogens is 565 g/mol. The predicted molar refractivity (Wildman–Crippen MR) is 159 cm³/mol. The number of halogens is 2. The van der Waals surface area contributed by atoms with Gasteiger partial charge < -0.3 is 10.2 Å². The van der Waals surface area contributed by atoms with Crippen molar-refractivity contribution in [2.45, 2.75) is 69.5 Å². The van der Waals surface area contributed by atoms with Gasteiger partial charge in [-0.1, -0.05) is 67.3 Å². The molecule has 1 aliphatic rings. The number of carbonyl (C=O) groups is 2. The Hall–Kier alpha value is -3.43. The standard InChI is InChI=1S/C31H35ClFN3O4S/c1-22-10-6-9-15-29(22)36(41(39,40)27-18-16-25(32)17-19-27)21-30(37)35(20-24-11-7-8-14-28(24)33)23(2)31(38)34-26-12-4-3-5-13-26/h6-11,14-19,23,26H,3-5,12-13,20-21H2,1-2H3,(H,34,38)/t23-/m0/s1. The van der Waals surface area contributed by atoms with Crippen LogP contribution in [0.15, 0.2) is 77.7 Å². The Morgan fingerprint density at radius 1 is 0.976 bits per heavy atom. The van der Waals surface area contributed by atoms with Gasteiger partial charge in [0.25, 0.3) is 10.0 Å². The third-order valence-electron chi connectivity index (χ3n) is 7.48. The molecular formula is C31H35ClFN3O4S. The molecule has 1 saturated carbocycles. The van der Waals surface area contributed by atoms with E-state index in [2.05, 4.69) is 5.32 Å². The number of para-hydroxylation sites is 1. The van der Waals surface area contributed by atoms with Crippen LogP contribution in [0.4, 0.5) is 10.1 Å². The molecule has 7 nitrogen and oxygen atoms in total. The van der Waals surface area contributed by atoms with Gasteiger partial charge in [-0.3, -0.25) is 13.9 Å². The highest BCUT2D eigenvalue weighted by molar-refractivity contribution is 7.92. The van der Waals surface area contributed by atoms with E-state index in [-0.39, 0.29) is 29.0 Å². The summed E-state index contributed by atoms with van der Waals surface area (Å²) in [6, 6.07) is 17.6. The van der Waals surface area contributed by atoms with E-state index in [1.165, 1.54) is 35.2 Å². The number of nitrogens with one attached hydrogen (secondary N) is 1. The van der Waals surface area contributed by atoms with Crippen molar-refractivity contribution in [2.75, 3.05) is 10.8 Å². The Kier molecular flexibility index (Phi) is 10.0. The molecule has 0 aromatic heterocycles. The van der Waals surface area contributed by atoms with Gasteiger partial charge in [-0.2, -0.15) is 0 Å². The lowest BCUT2D eigenvalue weighted by molar-refractivity contribution is -0.139. The molecule has 41 heavy (non-hydrogen) atoms. The van der Waals surface area contributed by atoms with Crippen LogP contribution in [0.2, 0.25) is 5.02 Å². The van der Waals surface area contributed by atoms with E-state index in [0.29, 0.717) is 16.3 Å². The minimum atomic E-state index is -4.22. The summed E-state index contributed by atoms with van der Waals surface area (Å²) in [5.41, 5.74) is 1.18. The van der Waals surface area contributed by atoms with E-state index < -0.39 is 34.3 Å². The van der Waals surface area contributed by atoms with Crippen molar-refractivity contribution in [3.05, 3.63) is 94.8 Å². The molecule has 1 N–H and O–H groups in total. The summed E-state index contributed by atoms with van der Waals surface area (Å²) in [5.74, 6) is -1.51. The van der Waals surface area contributed by atoms with Gasteiger partial charge >= 0.3 is 0 Å². The molecule has 0 heterocycles. The van der Waals surface area contributed by atoms with E-state index in [4.69, 9.17) is 11.6 Å². The van der Waals surface area contributed by atoms with Crippen molar-refractivity contribution in [2.24, 2.45) is 0 Å². The normalized spacial score (nSPS) is 14.7. The van der Waals surface area contributed by atoms with Crippen molar-refractivity contribution in [1.82, 2.24) is 10.2 Å². The van der Waals surface area contributed by atoms with Crippen LogP contribution in [0.25, 0.3) is 0 Å². The summed E-state index contributed by atoms with van der Waals surface area (Å²) in [7, 11) is -4.22. The molecule has 0 aliphatic heterocycles. The smallest absolute Gasteiger partial charge is 0.264 e. The maximum atomic E-state index is 14.7. The Bertz CT molecular complexity index is 1480. The zero-order valence-corrected chi connectivity index (χ0v) is 24.8. The summed E-state index contributed by atoms with van der Waals surface area (Å²) in [5, 5.41) is 3.41. The van der Waals surface area contributed by atoms with Gasteiger partial charge in [-0.15, -0.1) is 0 Å². The summed E-state index contributed by atoms with van der Waals surface area (Å²) < 4.78 is 43.6. The lowest BCUT2D eigenvalue weighted by Crippen LogP contribution is -2.53. The molecule has 4 rings (SSSR count). The minimum absolute atomic E-state index is 0.0119. The number of anilines is 1. The van der Waals surface area contributed by atoms with Gasteiger partial charge in [0.2, 0.25) is 11.8 Å². The first-order chi connectivity index (χ1) is 19.6. The highest BCUT2D eigenvalue weighted by Gasteiger charge is 2.34. The van der Waals surface area contributed by atoms with E-state index in [1.54, 1.807) is 56.3 Å². The van der Waals surface area contributed by atoms with Gasteiger partial charge in [0.05, 0.1) is 10.6 Å². The fraction of sp³-hybridized carbons (Fsp3) is 0.355. The van der Waals surface area contributed by atoms with Crippen molar-refractivity contribution in [3.8, 4) is 0 Å². The number of aryl methyl sites for hydroxylation is 1.